The van der Waals surface area contributed by atoms with Crippen LogP contribution in [-0.4, -0.2) is 44.9 Å². The number of aromatic nitrogens is 3. The van der Waals surface area contributed by atoms with Crippen LogP contribution in [-0.2, 0) is 11.2 Å². The number of hydrogen-bond acceptors (Lipinski definition) is 5. The molecule has 3 aromatic heterocycles. The van der Waals surface area contributed by atoms with Crippen LogP contribution in [0.5, 0.6) is 0 Å². The van der Waals surface area contributed by atoms with Gasteiger partial charge in [0.1, 0.15) is 5.69 Å². The normalized spacial score (nSPS) is 14.0. The summed E-state index contributed by atoms with van der Waals surface area (Å²) in [4.78, 5) is 37.5. The highest BCUT2D eigenvalue weighted by Gasteiger charge is 2.29. The summed E-state index contributed by atoms with van der Waals surface area (Å²) in [7, 11) is 0. The van der Waals surface area contributed by atoms with Crippen molar-refractivity contribution in [3.63, 3.8) is 0 Å². The van der Waals surface area contributed by atoms with Gasteiger partial charge in [-0.1, -0.05) is 13.0 Å². The van der Waals surface area contributed by atoms with Crippen LogP contribution in [0.2, 0.25) is 0 Å². The zero-order valence-corrected chi connectivity index (χ0v) is 16.7. The minimum Gasteiger partial charge on any atom is -0.374 e. The molecule has 1 amide bonds. The Morgan fingerprint density at radius 3 is 2.83 bits per heavy atom. The smallest absolute Gasteiger partial charge is 0.271 e. The van der Waals surface area contributed by atoms with E-state index in [0.29, 0.717) is 18.8 Å². The van der Waals surface area contributed by atoms with Crippen LogP contribution in [0.15, 0.2) is 65.9 Å². The number of likely N-dealkylation sites (tertiary alicyclic amines) is 1. The van der Waals surface area contributed by atoms with Crippen molar-refractivity contribution in [2.75, 3.05) is 18.4 Å². The van der Waals surface area contributed by atoms with Crippen LogP contribution < -0.4 is 10.9 Å². The Labute approximate surface area is 174 Å². The highest BCUT2D eigenvalue weighted by Crippen LogP contribution is 2.22. The summed E-state index contributed by atoms with van der Waals surface area (Å²) in [6.07, 6.45) is 9.26. The molecule has 1 aliphatic rings. The first-order valence-electron chi connectivity index (χ1n) is 9.95. The largest absolute Gasteiger partial charge is 0.374 e. The molecule has 2 N–H and O–H groups in total. The lowest BCUT2D eigenvalue weighted by Crippen LogP contribution is -2.57. The lowest BCUT2D eigenvalue weighted by Gasteiger charge is -2.39. The fourth-order valence-corrected chi connectivity index (χ4v) is 3.32. The zero-order valence-electron chi connectivity index (χ0n) is 16.7. The molecular weight excluding hydrogens is 378 g/mol. The van der Waals surface area contributed by atoms with E-state index >= 15 is 0 Å². The van der Waals surface area contributed by atoms with Crippen molar-refractivity contribution >= 4 is 17.7 Å². The number of H-pyrrole nitrogens is 1. The molecule has 1 aliphatic heterocycles. The molecule has 30 heavy (non-hydrogen) atoms. The van der Waals surface area contributed by atoms with Crippen molar-refractivity contribution in [2.45, 2.75) is 19.4 Å². The van der Waals surface area contributed by atoms with Crippen molar-refractivity contribution in [1.82, 2.24) is 19.9 Å². The van der Waals surface area contributed by atoms with Crippen LogP contribution in [0.3, 0.4) is 0 Å². The molecule has 0 aliphatic carbocycles. The summed E-state index contributed by atoms with van der Waals surface area (Å²) in [5.41, 5.74) is 3.99. The first-order chi connectivity index (χ1) is 14.6. The standard InChI is InChI=1S/C23H23N5O2/c1-2-18-11-16(8-10-25-18)17-12-21(23(30)26-13-17)27-20-14-28(15-20)22(29)7-6-19-5-3-4-9-24-19/h3-13,20,27H,2,14-15H2,1H3,(H,26,30)/b7-6+. The van der Waals surface area contributed by atoms with E-state index in [9.17, 15) is 9.59 Å². The first-order valence-corrected chi connectivity index (χ1v) is 9.95. The maximum absolute atomic E-state index is 12.3. The monoisotopic (exact) mass is 401 g/mol. The number of carbonyl (C=O) groups excluding carboxylic acids is 1. The Hall–Kier alpha value is -3.74. The van der Waals surface area contributed by atoms with Gasteiger partial charge in [0.15, 0.2) is 0 Å². The second-order valence-electron chi connectivity index (χ2n) is 7.19. The van der Waals surface area contributed by atoms with Gasteiger partial charge in [-0.05, 0) is 48.4 Å². The molecule has 4 rings (SSSR count). The number of nitrogens with zero attached hydrogens (tertiary/aromatic N) is 3. The van der Waals surface area contributed by atoms with Gasteiger partial charge >= 0.3 is 0 Å². The Kier molecular flexibility index (Phi) is 5.70. The van der Waals surface area contributed by atoms with Crippen LogP contribution in [0.4, 0.5) is 5.69 Å². The number of amides is 1. The van der Waals surface area contributed by atoms with Gasteiger partial charge in [-0.3, -0.25) is 19.6 Å². The highest BCUT2D eigenvalue weighted by molar-refractivity contribution is 5.92. The third-order valence-corrected chi connectivity index (χ3v) is 5.05. The van der Waals surface area contributed by atoms with Gasteiger partial charge in [-0.15, -0.1) is 0 Å². The number of nitrogens with one attached hydrogen (secondary N) is 2. The van der Waals surface area contributed by atoms with E-state index in [0.717, 1.165) is 28.9 Å². The van der Waals surface area contributed by atoms with Crippen LogP contribution in [0.1, 0.15) is 18.3 Å². The van der Waals surface area contributed by atoms with Gasteiger partial charge in [0.05, 0.1) is 11.7 Å². The SMILES string of the molecule is CCc1cc(-c2c[nH]c(=O)c(NC3CN(C(=O)/C=C/c4ccccn4)C3)c2)ccn1. The molecule has 4 heterocycles. The van der Waals surface area contributed by atoms with Crippen molar-refractivity contribution < 1.29 is 4.79 Å². The second-order valence-corrected chi connectivity index (χ2v) is 7.19. The Balaban J connectivity index is 1.38. The molecule has 152 valence electrons. The highest BCUT2D eigenvalue weighted by atomic mass is 16.2. The maximum Gasteiger partial charge on any atom is 0.271 e. The van der Waals surface area contributed by atoms with E-state index in [1.54, 1.807) is 29.6 Å². The lowest BCUT2D eigenvalue weighted by atomic mass is 10.1. The first kappa shape index (κ1) is 19.6. The van der Waals surface area contributed by atoms with Crippen molar-refractivity contribution in [2.24, 2.45) is 0 Å². The number of hydrogen-bond donors (Lipinski definition) is 2. The molecule has 0 saturated carbocycles. The predicted molar refractivity (Wildman–Crippen MR) is 117 cm³/mol. The van der Waals surface area contributed by atoms with Gasteiger partial charge in [0, 0.05) is 49.0 Å². The summed E-state index contributed by atoms with van der Waals surface area (Å²) >= 11 is 0. The average molecular weight is 401 g/mol. The molecule has 1 fully saturated rings. The molecule has 7 nitrogen and oxygen atoms in total. The average Bonchev–Trinajstić information content (AvgIpc) is 2.76. The number of pyridine rings is 3. The van der Waals surface area contributed by atoms with Gasteiger partial charge < -0.3 is 15.2 Å². The summed E-state index contributed by atoms with van der Waals surface area (Å²) in [5.74, 6) is -0.0646. The van der Waals surface area contributed by atoms with E-state index in [4.69, 9.17) is 0 Å². The van der Waals surface area contributed by atoms with E-state index in [-0.39, 0.29) is 17.5 Å². The van der Waals surface area contributed by atoms with Crippen molar-refractivity contribution in [3.8, 4) is 11.1 Å². The minimum absolute atomic E-state index is 0.0391. The maximum atomic E-state index is 12.3. The van der Waals surface area contributed by atoms with Crippen molar-refractivity contribution in [1.29, 1.82) is 0 Å². The second kappa shape index (κ2) is 8.73. The van der Waals surface area contributed by atoms with Gasteiger partial charge in [-0.25, -0.2) is 0 Å². The summed E-state index contributed by atoms with van der Waals surface area (Å²) < 4.78 is 0. The molecule has 0 bridgehead atoms. The van der Waals surface area contributed by atoms with E-state index in [2.05, 4.69) is 27.2 Å². The minimum atomic E-state index is -0.177. The number of anilines is 1. The van der Waals surface area contributed by atoms with Crippen LogP contribution in [0, 0.1) is 0 Å². The third kappa shape index (κ3) is 4.46. The molecule has 0 spiro atoms. The van der Waals surface area contributed by atoms with E-state index in [1.807, 2.05) is 36.4 Å². The van der Waals surface area contributed by atoms with Gasteiger partial charge in [0.2, 0.25) is 5.91 Å². The molecule has 7 heteroatoms. The molecule has 0 radical (unpaired) electrons. The topological polar surface area (TPSA) is 91.0 Å². The van der Waals surface area contributed by atoms with Crippen LogP contribution in [0.25, 0.3) is 17.2 Å². The Morgan fingerprint density at radius 1 is 1.20 bits per heavy atom. The molecule has 1 saturated heterocycles. The van der Waals surface area contributed by atoms with Crippen molar-refractivity contribution in [3.05, 3.63) is 82.8 Å². The third-order valence-electron chi connectivity index (χ3n) is 5.05. The molecule has 0 atom stereocenters. The molecular formula is C23H23N5O2. The number of carbonyl (C=O) groups is 1. The fourth-order valence-electron chi connectivity index (χ4n) is 3.32. The Morgan fingerprint density at radius 2 is 2.07 bits per heavy atom. The molecule has 0 unspecified atom stereocenters. The number of aryl methyl sites for hydroxylation is 1. The summed E-state index contributed by atoms with van der Waals surface area (Å²) in [6.45, 7) is 3.15. The van der Waals surface area contributed by atoms with Crippen LogP contribution >= 0.6 is 0 Å². The quantitative estimate of drug-likeness (QED) is 0.620. The van der Waals surface area contributed by atoms with E-state index < -0.39 is 0 Å². The summed E-state index contributed by atoms with van der Waals surface area (Å²) in [5, 5.41) is 3.25. The molecule has 0 aromatic carbocycles. The zero-order chi connectivity index (χ0) is 20.9. The van der Waals surface area contributed by atoms with Gasteiger partial charge in [0.25, 0.3) is 5.56 Å². The summed E-state index contributed by atoms with van der Waals surface area (Å²) in [6, 6.07) is 11.4. The number of rotatable bonds is 6. The number of aromatic amines is 1. The lowest BCUT2D eigenvalue weighted by molar-refractivity contribution is -0.129. The molecule has 3 aromatic rings. The van der Waals surface area contributed by atoms with E-state index in [1.165, 1.54) is 6.08 Å². The van der Waals surface area contributed by atoms with Gasteiger partial charge in [-0.2, -0.15) is 0 Å². The predicted octanol–water partition coefficient (Wildman–Crippen LogP) is 2.73. The Bertz CT molecular complexity index is 1120. The fraction of sp³-hybridized carbons (Fsp3) is 0.217.